The van der Waals surface area contributed by atoms with Crippen molar-refractivity contribution in [2.75, 3.05) is 6.54 Å². The predicted molar refractivity (Wildman–Crippen MR) is 75.8 cm³/mol. The van der Waals surface area contributed by atoms with Crippen LogP contribution < -0.4 is 5.32 Å². The zero-order valence-corrected chi connectivity index (χ0v) is 12.6. The zero-order chi connectivity index (χ0) is 13.3. The minimum atomic E-state index is 0.540. The van der Waals surface area contributed by atoms with Gasteiger partial charge in [-0.15, -0.1) is 0 Å². The molecule has 3 nitrogen and oxygen atoms in total. The summed E-state index contributed by atoms with van der Waals surface area (Å²) < 4.78 is 1.91. The average Bonchev–Trinajstić information content (AvgIpc) is 3.06. The summed E-state index contributed by atoms with van der Waals surface area (Å²) in [5.74, 6) is 0.762. The molecule has 1 heterocycles. The van der Waals surface area contributed by atoms with Crippen LogP contribution >= 0.6 is 11.6 Å². The molecule has 0 spiro atoms. The van der Waals surface area contributed by atoms with Crippen molar-refractivity contribution in [2.24, 2.45) is 18.4 Å². The van der Waals surface area contributed by atoms with Gasteiger partial charge in [0.2, 0.25) is 0 Å². The van der Waals surface area contributed by atoms with E-state index in [9.17, 15) is 0 Å². The molecule has 0 saturated heterocycles. The molecular formula is C14H24ClN3. The molecular weight excluding hydrogens is 246 g/mol. The molecule has 18 heavy (non-hydrogen) atoms. The molecule has 1 aromatic rings. The van der Waals surface area contributed by atoms with Crippen LogP contribution in [0.3, 0.4) is 0 Å². The van der Waals surface area contributed by atoms with E-state index >= 15 is 0 Å². The molecule has 1 aliphatic carbocycles. The smallest absolute Gasteiger partial charge is 0.0863 e. The van der Waals surface area contributed by atoms with Gasteiger partial charge in [-0.1, -0.05) is 32.4 Å². The van der Waals surface area contributed by atoms with E-state index in [4.69, 9.17) is 11.6 Å². The van der Waals surface area contributed by atoms with E-state index in [0.29, 0.717) is 5.41 Å². The highest BCUT2D eigenvalue weighted by Gasteiger charge is 2.44. The first-order valence-corrected chi connectivity index (χ1v) is 7.29. The van der Waals surface area contributed by atoms with Crippen LogP contribution in [0.15, 0.2) is 0 Å². The van der Waals surface area contributed by atoms with Crippen molar-refractivity contribution in [2.45, 2.75) is 46.6 Å². The molecule has 1 fully saturated rings. The molecule has 2 rings (SSSR count). The van der Waals surface area contributed by atoms with Crippen LogP contribution in [0.4, 0.5) is 0 Å². The van der Waals surface area contributed by atoms with Gasteiger partial charge in [0.05, 0.1) is 16.4 Å². The van der Waals surface area contributed by atoms with Crippen LogP contribution in [0.5, 0.6) is 0 Å². The number of nitrogens with zero attached hydrogens (tertiary/aromatic N) is 2. The van der Waals surface area contributed by atoms with Crippen molar-refractivity contribution in [1.29, 1.82) is 0 Å². The van der Waals surface area contributed by atoms with Gasteiger partial charge in [0.1, 0.15) is 0 Å². The van der Waals surface area contributed by atoms with Crippen LogP contribution in [0, 0.1) is 11.3 Å². The number of rotatable bonds is 6. The highest BCUT2D eigenvalue weighted by atomic mass is 35.5. The van der Waals surface area contributed by atoms with Gasteiger partial charge in [0.25, 0.3) is 0 Å². The lowest BCUT2D eigenvalue weighted by atomic mass is 9.92. The largest absolute Gasteiger partial charge is 0.311 e. The van der Waals surface area contributed by atoms with Crippen LogP contribution in [-0.2, 0) is 20.0 Å². The summed E-state index contributed by atoms with van der Waals surface area (Å²) >= 11 is 6.33. The Labute approximate surface area is 115 Å². The molecule has 0 amide bonds. The molecule has 1 N–H and O–H groups in total. The third-order valence-electron chi connectivity index (χ3n) is 4.39. The van der Waals surface area contributed by atoms with Crippen molar-refractivity contribution in [3.8, 4) is 0 Å². The van der Waals surface area contributed by atoms with E-state index < -0.39 is 0 Å². The Morgan fingerprint density at radius 3 is 2.56 bits per heavy atom. The lowest BCUT2D eigenvalue weighted by Gasteiger charge is -2.20. The van der Waals surface area contributed by atoms with Crippen LogP contribution in [0.2, 0.25) is 5.02 Å². The van der Waals surface area contributed by atoms with E-state index in [-0.39, 0.29) is 0 Å². The second-order valence-electron chi connectivity index (χ2n) is 5.81. The third-order valence-corrected chi connectivity index (χ3v) is 4.83. The van der Waals surface area contributed by atoms with Gasteiger partial charge in [0.15, 0.2) is 0 Å². The van der Waals surface area contributed by atoms with Crippen LogP contribution in [0.1, 0.15) is 45.0 Å². The molecule has 0 atom stereocenters. The van der Waals surface area contributed by atoms with Crippen LogP contribution in [-0.4, -0.2) is 16.3 Å². The maximum atomic E-state index is 6.33. The van der Waals surface area contributed by atoms with Crippen LogP contribution in [0.25, 0.3) is 0 Å². The SMILES string of the molecule is CCc1nn(C)c(CNCC2(C(C)C)CC2)c1Cl. The highest BCUT2D eigenvalue weighted by molar-refractivity contribution is 6.31. The van der Waals surface area contributed by atoms with Gasteiger partial charge in [-0.3, -0.25) is 4.68 Å². The molecule has 0 radical (unpaired) electrons. The fourth-order valence-corrected chi connectivity index (χ4v) is 2.92. The number of hydrogen-bond acceptors (Lipinski definition) is 2. The van der Waals surface area contributed by atoms with Gasteiger partial charge in [0, 0.05) is 20.1 Å². The minimum absolute atomic E-state index is 0.540. The first kappa shape index (κ1) is 13.9. The fourth-order valence-electron chi connectivity index (χ4n) is 2.56. The Hall–Kier alpha value is -0.540. The maximum absolute atomic E-state index is 6.33. The first-order valence-electron chi connectivity index (χ1n) is 6.91. The second kappa shape index (κ2) is 5.22. The van der Waals surface area contributed by atoms with E-state index in [0.717, 1.165) is 41.8 Å². The molecule has 0 bridgehead atoms. The second-order valence-corrected chi connectivity index (χ2v) is 6.18. The first-order chi connectivity index (χ1) is 8.50. The zero-order valence-electron chi connectivity index (χ0n) is 11.9. The van der Waals surface area contributed by atoms with E-state index in [1.54, 1.807) is 0 Å². The molecule has 4 heteroatoms. The fraction of sp³-hybridized carbons (Fsp3) is 0.786. The Morgan fingerprint density at radius 2 is 2.11 bits per heavy atom. The third kappa shape index (κ3) is 2.57. The van der Waals surface area contributed by atoms with E-state index in [1.807, 2.05) is 11.7 Å². The van der Waals surface area contributed by atoms with Crippen molar-refractivity contribution in [1.82, 2.24) is 15.1 Å². The number of hydrogen-bond donors (Lipinski definition) is 1. The molecule has 0 unspecified atom stereocenters. The molecule has 102 valence electrons. The lowest BCUT2D eigenvalue weighted by Crippen LogP contribution is -2.28. The van der Waals surface area contributed by atoms with Gasteiger partial charge >= 0.3 is 0 Å². The summed E-state index contributed by atoms with van der Waals surface area (Å²) in [6.07, 6.45) is 3.61. The van der Waals surface area contributed by atoms with Gasteiger partial charge < -0.3 is 5.32 Å². The average molecular weight is 270 g/mol. The molecule has 1 saturated carbocycles. The summed E-state index contributed by atoms with van der Waals surface area (Å²) in [5.41, 5.74) is 2.65. The predicted octanol–water partition coefficient (Wildman–Crippen LogP) is 3.16. The molecule has 0 aromatic carbocycles. The minimum Gasteiger partial charge on any atom is -0.311 e. The summed E-state index contributed by atoms with van der Waals surface area (Å²) in [4.78, 5) is 0. The summed E-state index contributed by atoms with van der Waals surface area (Å²) in [6, 6.07) is 0. The number of aromatic nitrogens is 2. The van der Waals surface area contributed by atoms with E-state index in [2.05, 4.69) is 31.2 Å². The number of nitrogens with one attached hydrogen (secondary N) is 1. The Balaban J connectivity index is 1.93. The van der Waals surface area contributed by atoms with Crippen molar-refractivity contribution in [3.63, 3.8) is 0 Å². The highest BCUT2D eigenvalue weighted by Crippen LogP contribution is 2.51. The van der Waals surface area contributed by atoms with Crippen molar-refractivity contribution < 1.29 is 0 Å². The lowest BCUT2D eigenvalue weighted by molar-refractivity contribution is 0.336. The summed E-state index contributed by atoms with van der Waals surface area (Å²) in [6.45, 7) is 8.63. The standard InChI is InChI=1S/C14H24ClN3/c1-5-11-13(15)12(18(4)17-11)8-16-9-14(6-7-14)10(2)3/h10,16H,5-9H2,1-4H3. The summed E-state index contributed by atoms with van der Waals surface area (Å²) in [5, 5.41) is 8.83. The topological polar surface area (TPSA) is 29.9 Å². The Morgan fingerprint density at radius 1 is 1.44 bits per heavy atom. The molecule has 0 aliphatic heterocycles. The van der Waals surface area contributed by atoms with Gasteiger partial charge in [-0.05, 0) is 30.6 Å². The maximum Gasteiger partial charge on any atom is 0.0863 e. The monoisotopic (exact) mass is 269 g/mol. The Kier molecular flexibility index (Phi) is 4.02. The number of aryl methyl sites for hydroxylation is 2. The van der Waals surface area contributed by atoms with Gasteiger partial charge in [-0.2, -0.15) is 5.10 Å². The van der Waals surface area contributed by atoms with Crippen molar-refractivity contribution in [3.05, 3.63) is 16.4 Å². The summed E-state index contributed by atoms with van der Waals surface area (Å²) in [7, 11) is 1.97. The Bertz CT molecular complexity index is 419. The quantitative estimate of drug-likeness (QED) is 0.860. The normalized spacial score (nSPS) is 17.4. The molecule has 1 aliphatic rings. The van der Waals surface area contributed by atoms with Gasteiger partial charge in [-0.25, -0.2) is 0 Å². The molecule has 1 aromatic heterocycles. The van der Waals surface area contributed by atoms with E-state index in [1.165, 1.54) is 12.8 Å². The van der Waals surface area contributed by atoms with Crippen molar-refractivity contribution >= 4 is 11.6 Å². The number of halogens is 1.